The van der Waals surface area contributed by atoms with Gasteiger partial charge in [0.15, 0.2) is 0 Å². The van der Waals surface area contributed by atoms with E-state index < -0.39 is 0 Å². The zero-order valence-electron chi connectivity index (χ0n) is 10.9. The number of carbonyl (C=O) groups excluding carboxylic acids is 1. The van der Waals surface area contributed by atoms with E-state index in [0.29, 0.717) is 6.04 Å². The molecule has 0 aromatic rings. The molecule has 0 aromatic heterocycles. The van der Waals surface area contributed by atoms with Gasteiger partial charge in [0.2, 0.25) is 5.91 Å². The van der Waals surface area contributed by atoms with Gasteiger partial charge in [0.1, 0.15) is 0 Å². The Kier molecular flexibility index (Phi) is 2.51. The van der Waals surface area contributed by atoms with Gasteiger partial charge >= 0.3 is 0 Å². The minimum atomic E-state index is 0.271. The van der Waals surface area contributed by atoms with Crippen molar-refractivity contribution in [2.24, 2.45) is 11.8 Å². The zero-order chi connectivity index (χ0) is 12.1. The van der Waals surface area contributed by atoms with Crippen molar-refractivity contribution in [3.05, 3.63) is 12.2 Å². The Balaban J connectivity index is 1.68. The Morgan fingerprint density at radius 3 is 2.89 bits per heavy atom. The summed E-state index contributed by atoms with van der Waals surface area (Å²) >= 11 is 0. The van der Waals surface area contributed by atoms with Crippen molar-refractivity contribution < 1.29 is 4.79 Å². The maximum Gasteiger partial charge on any atom is 0.246 e. The molecule has 0 unspecified atom stereocenters. The SMILES string of the molecule is O=C1C=CC[C@H]2[C@H]3CCCN4CCC[C@@H](CN12)[C@H]34. The molecule has 3 nitrogen and oxygen atoms in total. The van der Waals surface area contributed by atoms with E-state index in [9.17, 15) is 4.79 Å². The molecule has 4 heterocycles. The molecule has 3 saturated heterocycles. The molecule has 0 bridgehead atoms. The first-order valence-electron chi connectivity index (χ1n) is 7.56. The molecular weight excluding hydrogens is 224 g/mol. The summed E-state index contributed by atoms with van der Waals surface area (Å²) in [6.45, 7) is 3.62. The maximum absolute atomic E-state index is 12.1. The van der Waals surface area contributed by atoms with Crippen LogP contribution in [0, 0.1) is 11.8 Å². The molecule has 4 aliphatic rings. The molecular formula is C15H22N2O. The molecule has 4 aliphatic heterocycles. The first-order valence-corrected chi connectivity index (χ1v) is 7.56. The minimum Gasteiger partial charge on any atom is -0.335 e. The second-order valence-corrected chi connectivity index (χ2v) is 6.43. The quantitative estimate of drug-likeness (QED) is 0.649. The molecule has 4 rings (SSSR count). The topological polar surface area (TPSA) is 23.6 Å². The standard InChI is InChI=1S/C15H22N2O/c18-14-7-1-6-13-12-5-3-9-16-8-2-4-11(15(12)16)10-17(13)14/h1,7,11-13,15H,2-6,8-10H2/t11-,12+,13-,15+/m0/s1. The van der Waals surface area contributed by atoms with Gasteiger partial charge in [0.25, 0.3) is 0 Å². The largest absolute Gasteiger partial charge is 0.335 e. The molecule has 1 amide bonds. The van der Waals surface area contributed by atoms with Gasteiger partial charge in [-0.1, -0.05) is 6.08 Å². The summed E-state index contributed by atoms with van der Waals surface area (Å²) < 4.78 is 0. The lowest BCUT2D eigenvalue weighted by Gasteiger charge is -2.57. The number of piperidine rings is 3. The van der Waals surface area contributed by atoms with E-state index in [1.807, 2.05) is 0 Å². The third kappa shape index (κ3) is 1.49. The highest BCUT2D eigenvalue weighted by Crippen LogP contribution is 2.43. The second kappa shape index (κ2) is 4.09. The van der Waals surface area contributed by atoms with E-state index in [1.54, 1.807) is 6.08 Å². The van der Waals surface area contributed by atoms with E-state index in [1.165, 1.54) is 38.8 Å². The fourth-order valence-electron chi connectivity index (χ4n) is 4.95. The van der Waals surface area contributed by atoms with Crippen LogP contribution in [0.2, 0.25) is 0 Å². The number of carbonyl (C=O) groups is 1. The predicted molar refractivity (Wildman–Crippen MR) is 70.1 cm³/mol. The fourth-order valence-corrected chi connectivity index (χ4v) is 4.95. The molecule has 0 aliphatic carbocycles. The average molecular weight is 246 g/mol. The number of hydrogen-bond donors (Lipinski definition) is 0. The molecule has 98 valence electrons. The Bertz CT molecular complexity index is 390. The van der Waals surface area contributed by atoms with E-state index in [2.05, 4.69) is 15.9 Å². The van der Waals surface area contributed by atoms with Crippen LogP contribution >= 0.6 is 0 Å². The molecule has 3 fully saturated rings. The van der Waals surface area contributed by atoms with Gasteiger partial charge in [-0.2, -0.15) is 0 Å². The van der Waals surface area contributed by atoms with Crippen LogP contribution in [0.1, 0.15) is 32.1 Å². The second-order valence-electron chi connectivity index (χ2n) is 6.43. The van der Waals surface area contributed by atoms with Crippen molar-refractivity contribution in [3.8, 4) is 0 Å². The highest BCUT2D eigenvalue weighted by Gasteiger charge is 2.49. The summed E-state index contributed by atoms with van der Waals surface area (Å²) in [6, 6.07) is 1.29. The Morgan fingerprint density at radius 1 is 1.17 bits per heavy atom. The lowest BCUT2D eigenvalue weighted by Crippen LogP contribution is -2.65. The summed E-state index contributed by atoms with van der Waals surface area (Å²) in [7, 11) is 0. The third-order valence-corrected chi connectivity index (χ3v) is 5.59. The summed E-state index contributed by atoms with van der Waals surface area (Å²) in [6.07, 6.45) is 10.3. The Morgan fingerprint density at radius 2 is 2.00 bits per heavy atom. The van der Waals surface area contributed by atoms with Crippen molar-refractivity contribution in [1.82, 2.24) is 9.80 Å². The zero-order valence-corrected chi connectivity index (χ0v) is 10.9. The van der Waals surface area contributed by atoms with E-state index in [4.69, 9.17) is 0 Å². The van der Waals surface area contributed by atoms with Crippen LogP contribution in [0.5, 0.6) is 0 Å². The molecule has 18 heavy (non-hydrogen) atoms. The molecule has 0 saturated carbocycles. The van der Waals surface area contributed by atoms with Crippen molar-refractivity contribution in [2.45, 2.75) is 44.2 Å². The first kappa shape index (κ1) is 11.0. The van der Waals surface area contributed by atoms with Crippen molar-refractivity contribution in [2.75, 3.05) is 19.6 Å². The van der Waals surface area contributed by atoms with E-state index in [-0.39, 0.29) is 5.91 Å². The summed E-state index contributed by atoms with van der Waals surface area (Å²) in [5.41, 5.74) is 0. The van der Waals surface area contributed by atoms with Crippen LogP contribution in [-0.2, 0) is 4.79 Å². The van der Waals surface area contributed by atoms with Crippen LogP contribution in [0.25, 0.3) is 0 Å². The smallest absolute Gasteiger partial charge is 0.246 e. The lowest BCUT2D eigenvalue weighted by molar-refractivity contribution is -0.141. The fraction of sp³-hybridized carbons (Fsp3) is 0.800. The van der Waals surface area contributed by atoms with Gasteiger partial charge in [-0.25, -0.2) is 0 Å². The molecule has 4 atom stereocenters. The van der Waals surface area contributed by atoms with Crippen LogP contribution in [0.3, 0.4) is 0 Å². The number of rotatable bonds is 0. The monoisotopic (exact) mass is 246 g/mol. The highest BCUT2D eigenvalue weighted by atomic mass is 16.2. The summed E-state index contributed by atoms with van der Waals surface area (Å²) in [5.74, 6) is 1.76. The summed E-state index contributed by atoms with van der Waals surface area (Å²) in [5, 5.41) is 0. The average Bonchev–Trinajstić information content (AvgIpc) is 2.41. The van der Waals surface area contributed by atoms with Crippen LogP contribution in [-0.4, -0.2) is 47.4 Å². The minimum absolute atomic E-state index is 0.271. The van der Waals surface area contributed by atoms with Crippen LogP contribution < -0.4 is 0 Å². The van der Waals surface area contributed by atoms with Crippen molar-refractivity contribution in [3.63, 3.8) is 0 Å². The molecule has 0 N–H and O–H groups in total. The van der Waals surface area contributed by atoms with Gasteiger partial charge in [-0.3, -0.25) is 9.69 Å². The third-order valence-electron chi connectivity index (χ3n) is 5.59. The van der Waals surface area contributed by atoms with E-state index in [0.717, 1.165) is 30.8 Å². The normalized spacial score (nSPS) is 43.6. The molecule has 0 aromatic carbocycles. The van der Waals surface area contributed by atoms with Gasteiger partial charge in [0.05, 0.1) is 0 Å². The maximum atomic E-state index is 12.1. The Hall–Kier alpha value is -0.830. The first-order chi connectivity index (χ1) is 8.84. The summed E-state index contributed by atoms with van der Waals surface area (Å²) in [4.78, 5) is 17.0. The van der Waals surface area contributed by atoms with Gasteiger partial charge in [0, 0.05) is 18.6 Å². The van der Waals surface area contributed by atoms with Crippen LogP contribution in [0.15, 0.2) is 12.2 Å². The van der Waals surface area contributed by atoms with E-state index >= 15 is 0 Å². The highest BCUT2D eigenvalue weighted by molar-refractivity contribution is 5.88. The predicted octanol–water partition coefficient (Wildman–Crippen LogP) is 1.65. The van der Waals surface area contributed by atoms with Gasteiger partial charge in [-0.15, -0.1) is 0 Å². The number of nitrogens with zero attached hydrogens (tertiary/aromatic N) is 2. The number of amides is 1. The van der Waals surface area contributed by atoms with Crippen molar-refractivity contribution >= 4 is 5.91 Å². The van der Waals surface area contributed by atoms with Gasteiger partial charge in [-0.05, 0) is 63.1 Å². The Labute approximate surface area is 109 Å². The molecule has 3 heteroatoms. The molecule has 0 spiro atoms. The number of hydrogen-bond acceptors (Lipinski definition) is 2. The lowest BCUT2D eigenvalue weighted by atomic mass is 9.68. The van der Waals surface area contributed by atoms with Gasteiger partial charge < -0.3 is 4.90 Å². The number of fused-ring (bicyclic) bond motifs is 2. The molecule has 0 radical (unpaired) electrons. The van der Waals surface area contributed by atoms with Crippen LogP contribution in [0.4, 0.5) is 0 Å². The van der Waals surface area contributed by atoms with Crippen molar-refractivity contribution in [1.29, 1.82) is 0 Å².